The predicted molar refractivity (Wildman–Crippen MR) is 95.7 cm³/mol. The van der Waals surface area contributed by atoms with E-state index in [1.54, 1.807) is 0 Å². The van der Waals surface area contributed by atoms with Crippen molar-refractivity contribution in [1.82, 2.24) is 0 Å². The molecule has 0 fully saturated rings. The molecule has 0 aromatic heterocycles. The lowest BCUT2D eigenvalue weighted by Gasteiger charge is -2.39. The lowest BCUT2D eigenvalue weighted by molar-refractivity contribution is 0.367. The van der Waals surface area contributed by atoms with Crippen molar-refractivity contribution in [3.8, 4) is 0 Å². The summed E-state index contributed by atoms with van der Waals surface area (Å²) >= 11 is 0. The molecule has 118 valence electrons. The van der Waals surface area contributed by atoms with Crippen LogP contribution in [0.2, 0.25) is 0 Å². The van der Waals surface area contributed by atoms with Gasteiger partial charge in [0, 0.05) is 11.8 Å². The fourth-order valence-electron chi connectivity index (χ4n) is 3.82. The van der Waals surface area contributed by atoms with Gasteiger partial charge in [-0.1, -0.05) is 55.4 Å². The van der Waals surface area contributed by atoms with Gasteiger partial charge in [-0.05, 0) is 43.3 Å². The third-order valence-corrected chi connectivity index (χ3v) is 4.92. The number of rotatable bonds is 6. The molecule has 0 spiro atoms. The van der Waals surface area contributed by atoms with E-state index >= 15 is 0 Å². The summed E-state index contributed by atoms with van der Waals surface area (Å²) in [6, 6.07) is 0. The van der Waals surface area contributed by atoms with E-state index in [4.69, 9.17) is 0 Å². The third-order valence-electron chi connectivity index (χ3n) is 4.92. The summed E-state index contributed by atoms with van der Waals surface area (Å²) in [7, 11) is 0. The zero-order valence-electron chi connectivity index (χ0n) is 13.9. The van der Waals surface area contributed by atoms with Crippen molar-refractivity contribution >= 4 is 0 Å². The number of hydrogen-bond donors (Lipinski definition) is 1. The quantitative estimate of drug-likeness (QED) is 0.578. The molecular formula is C21H28O. The monoisotopic (exact) mass is 296 g/mol. The van der Waals surface area contributed by atoms with Gasteiger partial charge in [0.15, 0.2) is 0 Å². The molecule has 1 nitrogen and oxygen atoms in total. The maximum absolute atomic E-state index is 9.89. The Morgan fingerprint density at radius 3 is 2.73 bits per heavy atom. The second-order valence-corrected chi connectivity index (χ2v) is 6.76. The summed E-state index contributed by atoms with van der Waals surface area (Å²) < 4.78 is 0. The highest BCUT2D eigenvalue weighted by atomic mass is 16.3. The largest absolute Gasteiger partial charge is 0.512 e. The highest BCUT2D eigenvalue weighted by molar-refractivity contribution is 5.43. The fourth-order valence-corrected chi connectivity index (χ4v) is 3.82. The Morgan fingerprint density at radius 1 is 1.27 bits per heavy atom. The third kappa shape index (κ3) is 3.35. The summed E-state index contributed by atoms with van der Waals surface area (Å²) in [6.45, 7) is 12.4. The van der Waals surface area contributed by atoms with Gasteiger partial charge in [0.25, 0.3) is 0 Å². The first-order valence-electron chi connectivity index (χ1n) is 8.21. The molecule has 1 N–H and O–H groups in total. The van der Waals surface area contributed by atoms with Crippen molar-refractivity contribution in [2.45, 2.75) is 46.0 Å². The molecule has 0 saturated heterocycles. The topological polar surface area (TPSA) is 20.2 Å². The van der Waals surface area contributed by atoms with Gasteiger partial charge in [0.2, 0.25) is 0 Å². The minimum absolute atomic E-state index is 0.00792. The van der Waals surface area contributed by atoms with Crippen LogP contribution in [0.4, 0.5) is 0 Å². The molecule has 22 heavy (non-hydrogen) atoms. The Kier molecular flexibility index (Phi) is 5.28. The van der Waals surface area contributed by atoms with Crippen LogP contribution in [0.1, 0.15) is 46.0 Å². The number of hydrogen-bond acceptors (Lipinski definition) is 1. The Hall–Kier alpha value is -1.76. The van der Waals surface area contributed by atoms with Crippen LogP contribution in [0.15, 0.2) is 72.1 Å². The molecule has 2 aliphatic carbocycles. The van der Waals surface area contributed by atoms with Gasteiger partial charge < -0.3 is 5.11 Å². The van der Waals surface area contributed by atoms with E-state index in [1.165, 1.54) is 16.7 Å². The summed E-state index contributed by atoms with van der Waals surface area (Å²) in [6.07, 6.45) is 17.2. The lowest BCUT2D eigenvalue weighted by Crippen LogP contribution is -2.26. The molecule has 0 radical (unpaired) electrons. The van der Waals surface area contributed by atoms with Gasteiger partial charge in [-0.25, -0.2) is 0 Å². The van der Waals surface area contributed by atoms with Gasteiger partial charge in [-0.2, -0.15) is 0 Å². The van der Waals surface area contributed by atoms with Crippen LogP contribution in [0, 0.1) is 11.3 Å². The van der Waals surface area contributed by atoms with Gasteiger partial charge >= 0.3 is 0 Å². The van der Waals surface area contributed by atoms with Crippen LogP contribution < -0.4 is 0 Å². The molecule has 2 aliphatic rings. The summed E-state index contributed by atoms with van der Waals surface area (Å²) in [5.41, 5.74) is 4.17. The van der Waals surface area contributed by atoms with Crippen molar-refractivity contribution in [2.24, 2.45) is 11.3 Å². The van der Waals surface area contributed by atoms with Crippen LogP contribution in [0.25, 0.3) is 0 Å². The molecule has 0 heterocycles. The average Bonchev–Trinajstić information content (AvgIpc) is 2.48. The number of aliphatic hydroxyl groups is 1. The molecular weight excluding hydrogens is 268 g/mol. The number of aliphatic hydroxyl groups excluding tert-OH is 1. The Balaban J connectivity index is 2.44. The average molecular weight is 296 g/mol. The van der Waals surface area contributed by atoms with Crippen LogP contribution in [-0.4, -0.2) is 5.11 Å². The lowest BCUT2D eigenvalue weighted by atomic mass is 9.66. The van der Waals surface area contributed by atoms with Crippen LogP contribution in [0.3, 0.4) is 0 Å². The van der Waals surface area contributed by atoms with Gasteiger partial charge in [-0.15, -0.1) is 13.2 Å². The predicted octanol–water partition coefficient (Wildman–Crippen LogP) is 6.20. The van der Waals surface area contributed by atoms with E-state index in [9.17, 15) is 5.11 Å². The molecule has 0 aromatic rings. The van der Waals surface area contributed by atoms with Crippen LogP contribution in [0.5, 0.6) is 0 Å². The van der Waals surface area contributed by atoms with Crippen LogP contribution in [-0.2, 0) is 0 Å². The molecule has 2 rings (SSSR count). The Morgan fingerprint density at radius 2 is 2.05 bits per heavy atom. The van der Waals surface area contributed by atoms with Crippen molar-refractivity contribution in [1.29, 1.82) is 0 Å². The minimum Gasteiger partial charge on any atom is -0.512 e. The van der Waals surface area contributed by atoms with E-state index in [0.29, 0.717) is 11.7 Å². The SMILES string of the molecule is C=CCC1=C(C(C)(C)C2=CC=CCC2CC=C)CCC(O)=C1. The van der Waals surface area contributed by atoms with Gasteiger partial charge in [0.1, 0.15) is 0 Å². The van der Waals surface area contributed by atoms with Crippen molar-refractivity contribution < 1.29 is 5.11 Å². The summed E-state index contributed by atoms with van der Waals surface area (Å²) in [5.74, 6) is 1.03. The maximum atomic E-state index is 9.89. The van der Waals surface area contributed by atoms with E-state index in [-0.39, 0.29) is 5.41 Å². The molecule has 0 aliphatic heterocycles. The molecule has 1 heteroatoms. The van der Waals surface area contributed by atoms with Crippen molar-refractivity contribution in [2.75, 3.05) is 0 Å². The summed E-state index contributed by atoms with van der Waals surface area (Å²) in [5, 5.41) is 9.89. The zero-order chi connectivity index (χ0) is 16.2. The van der Waals surface area contributed by atoms with Crippen molar-refractivity contribution in [3.05, 3.63) is 72.1 Å². The summed E-state index contributed by atoms with van der Waals surface area (Å²) in [4.78, 5) is 0. The van der Waals surface area contributed by atoms with Crippen molar-refractivity contribution in [3.63, 3.8) is 0 Å². The molecule has 1 atom stereocenters. The molecule has 0 bridgehead atoms. The standard InChI is InChI=1S/C21H28O/c1-5-9-16-11-7-8-12-19(16)21(3,4)20-14-13-18(22)15-17(20)10-6-2/h5-8,12,15-16,22H,1-2,9-11,13-14H2,3-4H3. The Bertz CT molecular complexity index is 565. The fraction of sp³-hybridized carbons (Fsp3) is 0.429. The van der Waals surface area contributed by atoms with Crippen LogP contribution >= 0.6 is 0 Å². The Labute approximate surface area is 135 Å². The molecule has 0 amide bonds. The van der Waals surface area contributed by atoms with E-state index < -0.39 is 0 Å². The normalized spacial score (nSPS) is 22.2. The second kappa shape index (κ2) is 7.00. The maximum Gasteiger partial charge on any atom is 0.0928 e. The van der Waals surface area contributed by atoms with E-state index in [1.807, 2.05) is 18.2 Å². The molecule has 1 unspecified atom stereocenters. The first-order valence-corrected chi connectivity index (χ1v) is 8.21. The highest BCUT2D eigenvalue weighted by Crippen LogP contribution is 2.47. The van der Waals surface area contributed by atoms with E-state index in [0.717, 1.165) is 32.1 Å². The zero-order valence-corrected chi connectivity index (χ0v) is 13.9. The second-order valence-electron chi connectivity index (χ2n) is 6.76. The molecule has 0 saturated carbocycles. The van der Waals surface area contributed by atoms with Gasteiger partial charge in [-0.3, -0.25) is 0 Å². The smallest absolute Gasteiger partial charge is 0.0928 e. The highest BCUT2D eigenvalue weighted by Gasteiger charge is 2.34. The van der Waals surface area contributed by atoms with E-state index in [2.05, 4.69) is 45.2 Å². The molecule has 0 aromatic carbocycles. The first kappa shape index (κ1) is 16.6. The minimum atomic E-state index is 0.00792. The number of allylic oxidation sites excluding steroid dienone is 10. The first-order chi connectivity index (χ1) is 10.5. The van der Waals surface area contributed by atoms with Gasteiger partial charge in [0.05, 0.1) is 5.76 Å².